The minimum absolute atomic E-state index is 0.0805. The van der Waals surface area contributed by atoms with E-state index in [9.17, 15) is 0 Å². The Morgan fingerprint density at radius 2 is 1.88 bits per heavy atom. The monoisotopic (exact) mass is 241 g/mol. The molecule has 0 aromatic heterocycles. The smallest absolute Gasteiger partial charge is 0.00466 e. The van der Waals surface area contributed by atoms with Gasteiger partial charge in [0.15, 0.2) is 0 Å². The van der Waals surface area contributed by atoms with E-state index >= 15 is 0 Å². The Balaban J connectivity index is 2.21. The van der Waals surface area contributed by atoms with Crippen LogP contribution in [-0.2, 0) is 0 Å². The first-order chi connectivity index (χ1) is 7.79. The third-order valence-electron chi connectivity index (χ3n) is 3.17. The van der Waals surface area contributed by atoms with E-state index in [-0.39, 0.29) is 11.1 Å². The Hall–Kier alpha value is -0.210. The van der Waals surface area contributed by atoms with Crippen LogP contribution in [0.2, 0.25) is 0 Å². The first-order valence-corrected chi connectivity index (χ1v) is 8.03. The number of rotatable bonds is 8. The molecule has 16 heavy (non-hydrogen) atoms. The van der Waals surface area contributed by atoms with Crippen LogP contribution in [0.15, 0.2) is 22.5 Å². The molecule has 1 heterocycles. The maximum Gasteiger partial charge on any atom is 0.00466 e. The van der Waals surface area contributed by atoms with E-state index in [2.05, 4.69) is 42.8 Å². The van der Waals surface area contributed by atoms with E-state index in [0.29, 0.717) is 0 Å². The molecular formula is C14H27NS. The predicted molar refractivity (Wildman–Crippen MR) is 77.9 cm³/mol. The van der Waals surface area contributed by atoms with Crippen molar-refractivity contribution in [3.8, 4) is 0 Å². The minimum atomic E-state index is -0.0805. The van der Waals surface area contributed by atoms with Crippen LogP contribution in [0, 0.1) is 0 Å². The molecule has 0 radical (unpaired) electrons. The molecule has 0 aromatic carbocycles. The highest BCUT2D eigenvalue weighted by Gasteiger charge is 2.13. The summed E-state index contributed by atoms with van der Waals surface area (Å²) in [6.45, 7) is 5.68. The van der Waals surface area contributed by atoms with Crippen molar-refractivity contribution in [2.24, 2.45) is 0 Å². The largest absolute Gasteiger partial charge is 0.266 e. The lowest BCUT2D eigenvalue weighted by molar-refractivity contribution is 0.596. The fourth-order valence-corrected chi connectivity index (χ4v) is 4.04. The van der Waals surface area contributed by atoms with Gasteiger partial charge in [-0.3, -0.25) is 4.31 Å². The van der Waals surface area contributed by atoms with E-state index in [1.54, 1.807) is 4.91 Å². The van der Waals surface area contributed by atoms with Gasteiger partial charge in [-0.2, -0.15) is 11.1 Å². The van der Waals surface area contributed by atoms with Crippen LogP contribution in [0.4, 0.5) is 0 Å². The number of hydrogen-bond acceptors (Lipinski definition) is 1. The van der Waals surface area contributed by atoms with Gasteiger partial charge in [0.2, 0.25) is 0 Å². The van der Waals surface area contributed by atoms with Gasteiger partial charge < -0.3 is 0 Å². The van der Waals surface area contributed by atoms with Crippen LogP contribution in [0.3, 0.4) is 0 Å². The molecule has 0 N–H and O–H groups in total. The Morgan fingerprint density at radius 3 is 2.56 bits per heavy atom. The van der Waals surface area contributed by atoms with Crippen molar-refractivity contribution in [1.29, 1.82) is 0 Å². The van der Waals surface area contributed by atoms with Crippen molar-refractivity contribution in [2.75, 3.05) is 13.6 Å². The second kappa shape index (κ2) is 7.97. The van der Waals surface area contributed by atoms with Crippen LogP contribution in [-0.4, -0.2) is 17.9 Å². The van der Waals surface area contributed by atoms with Gasteiger partial charge in [-0.15, -0.1) is 0 Å². The molecule has 1 unspecified atom stereocenters. The van der Waals surface area contributed by atoms with Gasteiger partial charge in [0.05, 0.1) is 0 Å². The second-order valence-electron chi connectivity index (χ2n) is 4.48. The van der Waals surface area contributed by atoms with Crippen LogP contribution < -0.4 is 0 Å². The number of thiol groups is 1. The molecule has 1 nitrogen and oxygen atoms in total. The van der Waals surface area contributed by atoms with Crippen molar-refractivity contribution in [3.63, 3.8) is 0 Å². The quantitative estimate of drug-likeness (QED) is 0.479. The fourth-order valence-electron chi connectivity index (χ4n) is 2.00. The minimum Gasteiger partial charge on any atom is -0.266 e. The normalized spacial score (nSPS) is 21.8. The van der Waals surface area contributed by atoms with Crippen molar-refractivity contribution in [1.82, 2.24) is 4.31 Å². The summed E-state index contributed by atoms with van der Waals surface area (Å²) in [4.78, 5) is 1.68. The van der Waals surface area contributed by atoms with E-state index < -0.39 is 0 Å². The summed E-state index contributed by atoms with van der Waals surface area (Å²) in [7, 11) is 2.24. The zero-order valence-corrected chi connectivity index (χ0v) is 12.0. The van der Waals surface area contributed by atoms with E-state index in [1.807, 2.05) is 0 Å². The molecular weight excluding hydrogens is 214 g/mol. The van der Waals surface area contributed by atoms with Gasteiger partial charge >= 0.3 is 0 Å². The number of allylic oxidation sites excluding steroid dienone is 3. The van der Waals surface area contributed by atoms with Crippen LogP contribution in [0.25, 0.3) is 0 Å². The molecule has 1 atom stereocenters. The highest BCUT2D eigenvalue weighted by Crippen LogP contribution is 2.45. The number of nitrogens with zero attached hydrogens (tertiary/aromatic N) is 1. The van der Waals surface area contributed by atoms with E-state index in [4.69, 9.17) is 0 Å². The molecule has 0 amide bonds. The second-order valence-corrected chi connectivity index (χ2v) is 6.73. The van der Waals surface area contributed by atoms with Crippen LogP contribution in [0.5, 0.6) is 0 Å². The molecule has 1 aliphatic heterocycles. The van der Waals surface area contributed by atoms with Gasteiger partial charge in [0.1, 0.15) is 0 Å². The third-order valence-corrected chi connectivity index (χ3v) is 5.61. The Labute approximate surface area is 104 Å². The van der Waals surface area contributed by atoms with Gasteiger partial charge in [-0.25, -0.2) is 0 Å². The number of unbranched alkanes of at least 4 members (excludes halogenated alkanes) is 4. The third kappa shape index (κ3) is 4.34. The Bertz CT molecular complexity index is 245. The molecule has 0 bridgehead atoms. The fraction of sp³-hybridized carbons (Fsp3) is 0.714. The lowest BCUT2D eigenvalue weighted by Crippen LogP contribution is -2.12. The van der Waals surface area contributed by atoms with Crippen LogP contribution in [0.1, 0.15) is 52.4 Å². The molecule has 0 aromatic rings. The standard InChI is InChI=1S/C14H27NS/c1-4-6-7-8-9-11-14-12-10-13-16(14)15(3)5-2/h10,12-13,16H,4-9,11H2,1-3H3. The van der Waals surface area contributed by atoms with Crippen molar-refractivity contribution >= 4 is 11.1 Å². The highest BCUT2D eigenvalue weighted by atomic mass is 32.2. The average Bonchev–Trinajstić information content (AvgIpc) is 2.76. The summed E-state index contributed by atoms with van der Waals surface area (Å²) < 4.78 is 2.48. The zero-order valence-electron chi connectivity index (χ0n) is 11.1. The van der Waals surface area contributed by atoms with E-state index in [1.165, 1.54) is 38.5 Å². The summed E-state index contributed by atoms with van der Waals surface area (Å²) in [5, 5.41) is 2.39. The SMILES string of the molecule is CCCCCCCC1=CC=C[SH]1N(C)CC. The van der Waals surface area contributed by atoms with Crippen molar-refractivity contribution in [3.05, 3.63) is 22.5 Å². The molecule has 0 fully saturated rings. The first-order valence-electron chi connectivity index (χ1n) is 6.67. The van der Waals surface area contributed by atoms with Gasteiger partial charge in [0.25, 0.3) is 0 Å². The predicted octanol–water partition coefficient (Wildman–Crippen LogP) is 4.63. The Kier molecular flexibility index (Phi) is 6.90. The van der Waals surface area contributed by atoms with Crippen molar-refractivity contribution < 1.29 is 0 Å². The summed E-state index contributed by atoms with van der Waals surface area (Å²) in [6.07, 6.45) is 12.9. The molecule has 0 aliphatic carbocycles. The molecule has 1 aliphatic rings. The maximum atomic E-state index is 2.48. The first kappa shape index (κ1) is 13.9. The molecule has 2 heteroatoms. The van der Waals surface area contributed by atoms with Gasteiger partial charge in [0, 0.05) is 6.54 Å². The lowest BCUT2D eigenvalue weighted by Gasteiger charge is -2.28. The molecule has 0 saturated carbocycles. The number of hydrogen-bond donors (Lipinski definition) is 1. The lowest BCUT2D eigenvalue weighted by atomic mass is 10.1. The van der Waals surface area contributed by atoms with Gasteiger partial charge in [-0.05, 0) is 30.2 Å². The molecule has 1 rings (SSSR count). The zero-order chi connectivity index (χ0) is 11.8. The van der Waals surface area contributed by atoms with Crippen molar-refractivity contribution in [2.45, 2.75) is 52.4 Å². The molecule has 0 saturated heterocycles. The highest BCUT2D eigenvalue weighted by molar-refractivity contribution is 8.21. The maximum absolute atomic E-state index is 2.48. The van der Waals surface area contributed by atoms with Gasteiger partial charge in [-0.1, -0.05) is 51.7 Å². The Morgan fingerprint density at radius 1 is 1.12 bits per heavy atom. The molecule has 0 spiro atoms. The summed E-state index contributed by atoms with van der Waals surface area (Å²) >= 11 is -0.0805. The summed E-state index contributed by atoms with van der Waals surface area (Å²) in [5.74, 6) is 0. The van der Waals surface area contributed by atoms with Crippen LogP contribution >= 0.6 is 11.1 Å². The topological polar surface area (TPSA) is 3.24 Å². The summed E-state index contributed by atoms with van der Waals surface area (Å²) in [5.41, 5.74) is 0. The summed E-state index contributed by atoms with van der Waals surface area (Å²) in [6, 6.07) is 0. The molecule has 94 valence electrons. The van der Waals surface area contributed by atoms with E-state index in [0.717, 1.165) is 6.54 Å². The average molecular weight is 241 g/mol.